The van der Waals surface area contributed by atoms with E-state index in [1.807, 2.05) is 13.8 Å². The second kappa shape index (κ2) is 10.7. The highest BCUT2D eigenvalue weighted by atomic mass is 19.4. The molecule has 0 aliphatic rings. The Morgan fingerprint density at radius 3 is 2.57 bits per heavy atom. The van der Waals surface area contributed by atoms with E-state index in [0.29, 0.717) is 5.69 Å². The van der Waals surface area contributed by atoms with Gasteiger partial charge in [0.1, 0.15) is 24.3 Å². The maximum absolute atomic E-state index is 12.7. The van der Waals surface area contributed by atoms with E-state index in [4.69, 9.17) is 4.74 Å². The molecule has 0 radical (unpaired) electrons. The molecule has 10 heteroatoms. The monoisotopic (exact) mass is 426 g/mol. The molecule has 2 rings (SSSR count). The molecule has 2 aromatic rings. The summed E-state index contributed by atoms with van der Waals surface area (Å²) < 4.78 is 43.2. The Morgan fingerprint density at radius 2 is 1.97 bits per heavy atom. The number of amides is 2. The number of nitrogens with zero attached hydrogens (tertiary/aromatic N) is 2. The number of hydrogen-bond acceptors (Lipinski definition) is 5. The van der Waals surface area contributed by atoms with Crippen molar-refractivity contribution in [2.45, 2.75) is 26.1 Å². The lowest BCUT2D eigenvalue weighted by molar-refractivity contribution is -0.137. The molecule has 2 amide bonds. The van der Waals surface area contributed by atoms with E-state index in [1.54, 1.807) is 12.1 Å². The van der Waals surface area contributed by atoms with Crippen LogP contribution in [0.5, 0.6) is 5.75 Å². The number of urea groups is 1. The van der Waals surface area contributed by atoms with Crippen LogP contribution in [-0.2, 0) is 6.18 Å². The van der Waals surface area contributed by atoms with Crippen LogP contribution in [0.15, 0.2) is 42.6 Å². The summed E-state index contributed by atoms with van der Waals surface area (Å²) in [5.74, 6) is 0.779. The van der Waals surface area contributed by atoms with Gasteiger partial charge >= 0.3 is 12.2 Å². The number of alkyl halides is 3. The zero-order valence-corrected chi connectivity index (χ0v) is 16.7. The van der Waals surface area contributed by atoms with Gasteiger partial charge in [0.2, 0.25) is 0 Å². The number of aliphatic hydroxyl groups is 1. The fourth-order valence-electron chi connectivity index (χ4n) is 2.59. The summed E-state index contributed by atoms with van der Waals surface area (Å²) in [7, 11) is 0. The second-order valence-corrected chi connectivity index (χ2v) is 6.40. The number of hydrogen-bond donors (Lipinski definition) is 3. The quantitative estimate of drug-likeness (QED) is 0.571. The Labute approximate surface area is 172 Å². The summed E-state index contributed by atoms with van der Waals surface area (Å²) in [6.45, 7) is 5.26. The van der Waals surface area contributed by atoms with Crippen LogP contribution in [0.4, 0.5) is 29.5 Å². The molecule has 30 heavy (non-hydrogen) atoms. The molecule has 0 unspecified atom stereocenters. The minimum Gasteiger partial charge on any atom is -0.491 e. The Hall–Kier alpha value is -3.01. The Bertz CT molecular complexity index is 812. The lowest BCUT2D eigenvalue weighted by atomic mass is 10.2. The van der Waals surface area contributed by atoms with Crippen LogP contribution in [0, 0.1) is 0 Å². The first-order valence-corrected chi connectivity index (χ1v) is 9.46. The van der Waals surface area contributed by atoms with Gasteiger partial charge in [-0.15, -0.1) is 0 Å². The van der Waals surface area contributed by atoms with E-state index >= 15 is 0 Å². The van der Waals surface area contributed by atoms with Gasteiger partial charge in [-0.1, -0.05) is 6.07 Å². The van der Waals surface area contributed by atoms with Crippen molar-refractivity contribution in [1.29, 1.82) is 0 Å². The fourth-order valence-corrected chi connectivity index (χ4v) is 2.59. The number of aliphatic hydroxyl groups excluding tert-OH is 1. The second-order valence-electron chi connectivity index (χ2n) is 6.40. The number of anilines is 2. The lowest BCUT2D eigenvalue weighted by Gasteiger charge is -2.19. The zero-order chi connectivity index (χ0) is 22.1. The van der Waals surface area contributed by atoms with Crippen molar-refractivity contribution in [3.05, 3.63) is 48.2 Å². The van der Waals surface area contributed by atoms with Gasteiger partial charge in [0.25, 0.3) is 0 Å². The Balaban J connectivity index is 1.77. The van der Waals surface area contributed by atoms with Crippen molar-refractivity contribution in [1.82, 2.24) is 10.3 Å². The van der Waals surface area contributed by atoms with Crippen LogP contribution in [0.1, 0.15) is 19.4 Å². The molecule has 0 bridgehead atoms. The van der Waals surface area contributed by atoms with Crippen LogP contribution in [-0.4, -0.2) is 48.5 Å². The molecule has 0 spiro atoms. The van der Waals surface area contributed by atoms with Crippen LogP contribution in [0.25, 0.3) is 0 Å². The van der Waals surface area contributed by atoms with Gasteiger partial charge in [-0.05, 0) is 44.2 Å². The predicted molar refractivity (Wildman–Crippen MR) is 108 cm³/mol. The molecule has 1 heterocycles. The van der Waals surface area contributed by atoms with E-state index in [1.165, 1.54) is 18.3 Å². The smallest absolute Gasteiger partial charge is 0.416 e. The summed E-state index contributed by atoms with van der Waals surface area (Å²) in [4.78, 5) is 18.3. The molecule has 0 saturated heterocycles. The topological polar surface area (TPSA) is 86.7 Å². The van der Waals surface area contributed by atoms with E-state index in [9.17, 15) is 23.1 Å². The summed E-state index contributed by atoms with van der Waals surface area (Å²) in [5.41, 5.74) is -0.356. The molecule has 164 valence electrons. The number of carbonyl (C=O) groups excluding carboxylic acids is 1. The number of ether oxygens (including phenoxy) is 1. The highest BCUT2D eigenvalue weighted by Crippen LogP contribution is 2.31. The normalized spacial score (nSPS) is 12.2. The maximum Gasteiger partial charge on any atom is 0.416 e. The van der Waals surface area contributed by atoms with E-state index in [2.05, 4.69) is 20.5 Å². The summed E-state index contributed by atoms with van der Waals surface area (Å²) in [6.07, 6.45) is -4.05. The SMILES string of the molecule is CCN(CC)c1ccc(NC(=O)NC[C@H](O)COc2cccc(C(F)(F)F)c2)cn1. The Kier molecular flexibility index (Phi) is 8.28. The van der Waals surface area contributed by atoms with Crippen molar-refractivity contribution in [2.24, 2.45) is 0 Å². The first kappa shape index (κ1) is 23.3. The number of rotatable bonds is 9. The number of nitrogens with one attached hydrogen (secondary N) is 2. The molecule has 0 saturated carbocycles. The summed E-state index contributed by atoms with van der Waals surface area (Å²) >= 11 is 0. The van der Waals surface area contributed by atoms with Crippen molar-refractivity contribution in [3.63, 3.8) is 0 Å². The number of carbonyl (C=O) groups is 1. The molecule has 3 N–H and O–H groups in total. The first-order valence-electron chi connectivity index (χ1n) is 9.46. The van der Waals surface area contributed by atoms with Gasteiger partial charge < -0.3 is 25.4 Å². The molecule has 0 fully saturated rings. The number of benzene rings is 1. The lowest BCUT2D eigenvalue weighted by Crippen LogP contribution is -2.37. The van der Waals surface area contributed by atoms with E-state index < -0.39 is 23.9 Å². The van der Waals surface area contributed by atoms with Crippen molar-refractivity contribution in [3.8, 4) is 5.75 Å². The minimum absolute atomic E-state index is 0.0207. The molecular formula is C20H25F3N4O3. The molecule has 1 atom stereocenters. The zero-order valence-electron chi connectivity index (χ0n) is 16.7. The standard InChI is InChI=1S/C20H25F3N4O3/c1-3-27(4-2)18-9-8-15(11-24-18)26-19(29)25-12-16(28)13-30-17-7-5-6-14(10-17)20(21,22)23/h5-11,16,28H,3-4,12-13H2,1-2H3,(H2,25,26,29)/t16-/m0/s1. The van der Waals surface area contributed by atoms with Crippen LogP contribution in [0.2, 0.25) is 0 Å². The highest BCUT2D eigenvalue weighted by molar-refractivity contribution is 5.89. The predicted octanol–water partition coefficient (Wildman–Crippen LogP) is 3.51. The fraction of sp³-hybridized carbons (Fsp3) is 0.400. The van der Waals surface area contributed by atoms with Crippen LogP contribution in [0.3, 0.4) is 0 Å². The first-order chi connectivity index (χ1) is 14.2. The van der Waals surface area contributed by atoms with Crippen molar-refractivity contribution in [2.75, 3.05) is 36.5 Å². The Morgan fingerprint density at radius 1 is 1.23 bits per heavy atom. The van der Waals surface area contributed by atoms with Gasteiger partial charge in [-0.2, -0.15) is 13.2 Å². The van der Waals surface area contributed by atoms with Crippen molar-refractivity contribution >= 4 is 17.5 Å². The summed E-state index contributed by atoms with van der Waals surface area (Å²) in [5, 5.41) is 15.0. The molecule has 1 aromatic carbocycles. The third-order valence-corrected chi connectivity index (χ3v) is 4.20. The van der Waals surface area contributed by atoms with E-state index in [0.717, 1.165) is 31.0 Å². The van der Waals surface area contributed by atoms with Gasteiger partial charge in [-0.3, -0.25) is 0 Å². The summed E-state index contributed by atoms with van der Waals surface area (Å²) in [6, 6.07) is 7.31. The third kappa shape index (κ3) is 7.11. The molecular weight excluding hydrogens is 401 g/mol. The van der Waals surface area contributed by atoms with Gasteiger partial charge in [-0.25, -0.2) is 9.78 Å². The molecule has 7 nitrogen and oxygen atoms in total. The van der Waals surface area contributed by atoms with Crippen LogP contribution >= 0.6 is 0 Å². The average Bonchev–Trinajstić information content (AvgIpc) is 2.72. The third-order valence-electron chi connectivity index (χ3n) is 4.20. The van der Waals surface area contributed by atoms with Gasteiger partial charge in [0.05, 0.1) is 17.4 Å². The number of pyridine rings is 1. The molecule has 0 aliphatic heterocycles. The van der Waals surface area contributed by atoms with Crippen LogP contribution < -0.4 is 20.3 Å². The number of aromatic nitrogens is 1. The van der Waals surface area contributed by atoms with Gasteiger partial charge in [0.15, 0.2) is 0 Å². The molecule has 0 aliphatic carbocycles. The minimum atomic E-state index is -4.48. The van der Waals surface area contributed by atoms with E-state index in [-0.39, 0.29) is 18.9 Å². The average molecular weight is 426 g/mol. The largest absolute Gasteiger partial charge is 0.491 e. The highest BCUT2D eigenvalue weighted by Gasteiger charge is 2.30. The van der Waals surface area contributed by atoms with Crippen molar-refractivity contribution < 1.29 is 27.8 Å². The maximum atomic E-state index is 12.7. The number of halogens is 3. The van der Waals surface area contributed by atoms with Gasteiger partial charge in [0, 0.05) is 19.6 Å². The molecule has 1 aromatic heterocycles.